The van der Waals surface area contributed by atoms with E-state index in [9.17, 15) is 8.42 Å². The number of sulfone groups is 1. The lowest BCUT2D eigenvalue weighted by Gasteiger charge is -2.17. The van der Waals surface area contributed by atoms with Crippen LogP contribution in [-0.4, -0.2) is 39.0 Å². The van der Waals surface area contributed by atoms with E-state index < -0.39 is 9.84 Å². The standard InChI is InChI=1S/C15H23N3O2S.HI/c1-11-4-5-13(12(2)8-11)9-17-15(16-3)18-14-6-7-21(19,20)10-14;/h4-5,8,14H,6-7,9-10H2,1-3H3,(H2,16,17,18);1H. The van der Waals surface area contributed by atoms with E-state index in [1.165, 1.54) is 16.7 Å². The summed E-state index contributed by atoms with van der Waals surface area (Å²) in [6.07, 6.45) is 0.645. The van der Waals surface area contributed by atoms with E-state index in [4.69, 9.17) is 0 Å². The summed E-state index contributed by atoms with van der Waals surface area (Å²) >= 11 is 0. The lowest BCUT2D eigenvalue weighted by molar-refractivity contribution is 0.599. The molecule has 1 fully saturated rings. The molecule has 1 aliphatic heterocycles. The van der Waals surface area contributed by atoms with E-state index in [-0.39, 0.29) is 41.5 Å². The number of nitrogens with one attached hydrogen (secondary N) is 2. The first-order valence-corrected chi connectivity index (χ1v) is 8.95. The van der Waals surface area contributed by atoms with Crippen LogP contribution in [0.2, 0.25) is 0 Å². The van der Waals surface area contributed by atoms with Gasteiger partial charge in [-0.3, -0.25) is 4.99 Å². The van der Waals surface area contributed by atoms with Gasteiger partial charge in [-0.25, -0.2) is 8.42 Å². The second-order valence-electron chi connectivity index (χ2n) is 5.60. The van der Waals surface area contributed by atoms with Crippen LogP contribution < -0.4 is 10.6 Å². The zero-order chi connectivity index (χ0) is 15.5. The minimum atomic E-state index is -2.87. The summed E-state index contributed by atoms with van der Waals surface area (Å²) in [5, 5.41) is 6.43. The Morgan fingerprint density at radius 3 is 2.64 bits per heavy atom. The van der Waals surface area contributed by atoms with Gasteiger partial charge in [-0.2, -0.15) is 0 Å². The molecule has 7 heteroatoms. The van der Waals surface area contributed by atoms with Gasteiger partial charge in [-0.15, -0.1) is 24.0 Å². The number of aryl methyl sites for hydroxylation is 2. The number of halogens is 1. The molecule has 0 aliphatic carbocycles. The van der Waals surface area contributed by atoms with Gasteiger partial charge in [0.2, 0.25) is 0 Å². The number of benzene rings is 1. The van der Waals surface area contributed by atoms with Crippen molar-refractivity contribution in [2.24, 2.45) is 4.99 Å². The van der Waals surface area contributed by atoms with Crippen molar-refractivity contribution in [2.75, 3.05) is 18.6 Å². The summed E-state index contributed by atoms with van der Waals surface area (Å²) in [7, 11) is -1.18. The average molecular weight is 437 g/mol. The molecule has 1 heterocycles. The summed E-state index contributed by atoms with van der Waals surface area (Å²) < 4.78 is 22.9. The molecule has 1 aromatic rings. The van der Waals surface area contributed by atoms with Crippen LogP contribution in [-0.2, 0) is 16.4 Å². The van der Waals surface area contributed by atoms with Gasteiger partial charge >= 0.3 is 0 Å². The monoisotopic (exact) mass is 437 g/mol. The van der Waals surface area contributed by atoms with Crippen LogP contribution in [0.1, 0.15) is 23.1 Å². The average Bonchev–Trinajstić information content (AvgIpc) is 2.75. The lowest BCUT2D eigenvalue weighted by atomic mass is 10.1. The number of aliphatic imine (C=N–C) groups is 1. The molecular weight excluding hydrogens is 413 g/mol. The van der Waals surface area contributed by atoms with Crippen molar-refractivity contribution < 1.29 is 8.42 Å². The van der Waals surface area contributed by atoms with Crippen LogP contribution >= 0.6 is 24.0 Å². The van der Waals surface area contributed by atoms with Crippen molar-refractivity contribution in [3.8, 4) is 0 Å². The lowest BCUT2D eigenvalue weighted by Crippen LogP contribution is -2.43. The predicted molar refractivity (Wildman–Crippen MR) is 102 cm³/mol. The van der Waals surface area contributed by atoms with Crippen LogP contribution in [0.15, 0.2) is 23.2 Å². The van der Waals surface area contributed by atoms with Gasteiger partial charge in [-0.1, -0.05) is 23.8 Å². The molecule has 0 amide bonds. The number of rotatable bonds is 3. The summed E-state index contributed by atoms with van der Waals surface area (Å²) in [4.78, 5) is 4.16. The highest BCUT2D eigenvalue weighted by Gasteiger charge is 2.28. The van der Waals surface area contributed by atoms with Crippen molar-refractivity contribution in [1.82, 2.24) is 10.6 Å². The maximum atomic E-state index is 11.5. The van der Waals surface area contributed by atoms with Crippen LogP contribution in [0.5, 0.6) is 0 Å². The highest BCUT2D eigenvalue weighted by molar-refractivity contribution is 14.0. The Morgan fingerprint density at radius 2 is 2.09 bits per heavy atom. The summed E-state index contributed by atoms with van der Waals surface area (Å²) in [6, 6.07) is 6.30. The second-order valence-corrected chi connectivity index (χ2v) is 7.83. The molecule has 124 valence electrons. The highest BCUT2D eigenvalue weighted by Crippen LogP contribution is 2.12. The predicted octanol–water partition coefficient (Wildman–Crippen LogP) is 1.77. The third-order valence-corrected chi connectivity index (χ3v) is 5.51. The first kappa shape index (κ1) is 19.2. The molecule has 1 saturated heterocycles. The van der Waals surface area contributed by atoms with E-state index in [1.807, 2.05) is 0 Å². The van der Waals surface area contributed by atoms with Crippen LogP contribution in [0.3, 0.4) is 0 Å². The van der Waals surface area contributed by atoms with Gasteiger partial charge in [0.05, 0.1) is 11.5 Å². The van der Waals surface area contributed by atoms with Crippen molar-refractivity contribution in [3.63, 3.8) is 0 Å². The summed E-state index contributed by atoms with van der Waals surface area (Å²) in [5.41, 5.74) is 3.69. The van der Waals surface area contributed by atoms with Crippen LogP contribution in [0, 0.1) is 13.8 Å². The number of hydrogen-bond donors (Lipinski definition) is 2. The molecule has 1 unspecified atom stereocenters. The van der Waals surface area contributed by atoms with E-state index in [0.29, 0.717) is 18.9 Å². The molecule has 1 aromatic carbocycles. The molecule has 5 nitrogen and oxygen atoms in total. The molecule has 0 bridgehead atoms. The maximum absolute atomic E-state index is 11.5. The van der Waals surface area contributed by atoms with Crippen molar-refractivity contribution in [2.45, 2.75) is 32.9 Å². The van der Waals surface area contributed by atoms with Crippen LogP contribution in [0.25, 0.3) is 0 Å². The molecule has 2 N–H and O–H groups in total. The Labute approximate surface area is 149 Å². The normalized spacial score (nSPS) is 20.3. The van der Waals surface area contributed by atoms with Gasteiger partial charge in [0.15, 0.2) is 15.8 Å². The van der Waals surface area contributed by atoms with E-state index in [2.05, 4.69) is 47.7 Å². The zero-order valence-electron chi connectivity index (χ0n) is 13.2. The fourth-order valence-corrected chi connectivity index (χ4v) is 4.19. The molecule has 0 saturated carbocycles. The molecular formula is C15H24IN3O2S. The third-order valence-electron chi connectivity index (χ3n) is 3.74. The summed E-state index contributed by atoms with van der Waals surface area (Å²) in [6.45, 7) is 4.83. The molecule has 22 heavy (non-hydrogen) atoms. The Hall–Kier alpha value is -0.830. The van der Waals surface area contributed by atoms with Gasteiger partial charge in [0.25, 0.3) is 0 Å². The molecule has 1 atom stereocenters. The Bertz CT molecular complexity index is 644. The fourth-order valence-electron chi connectivity index (χ4n) is 2.52. The van der Waals surface area contributed by atoms with Gasteiger partial charge < -0.3 is 10.6 Å². The summed E-state index contributed by atoms with van der Waals surface area (Å²) in [5.74, 6) is 1.10. The fraction of sp³-hybridized carbons (Fsp3) is 0.533. The minimum absolute atomic E-state index is 0. The van der Waals surface area contributed by atoms with Gasteiger partial charge in [-0.05, 0) is 31.4 Å². The molecule has 0 spiro atoms. The van der Waals surface area contributed by atoms with Crippen LogP contribution in [0.4, 0.5) is 0 Å². The zero-order valence-corrected chi connectivity index (χ0v) is 16.4. The Morgan fingerprint density at radius 1 is 1.36 bits per heavy atom. The smallest absolute Gasteiger partial charge is 0.191 e. The first-order valence-electron chi connectivity index (χ1n) is 7.13. The van der Waals surface area contributed by atoms with Crippen molar-refractivity contribution in [3.05, 3.63) is 34.9 Å². The number of guanidine groups is 1. The Balaban J connectivity index is 0.00000242. The maximum Gasteiger partial charge on any atom is 0.191 e. The topological polar surface area (TPSA) is 70.6 Å². The SMILES string of the molecule is CN=C(NCc1ccc(C)cc1C)NC1CCS(=O)(=O)C1.I. The molecule has 0 radical (unpaired) electrons. The second kappa shape index (κ2) is 8.14. The third kappa shape index (κ3) is 5.42. The van der Waals surface area contributed by atoms with E-state index >= 15 is 0 Å². The largest absolute Gasteiger partial charge is 0.353 e. The Kier molecular flexibility index (Phi) is 7.11. The minimum Gasteiger partial charge on any atom is -0.353 e. The molecule has 2 rings (SSSR count). The van der Waals surface area contributed by atoms with E-state index in [1.54, 1.807) is 7.05 Å². The highest BCUT2D eigenvalue weighted by atomic mass is 127. The van der Waals surface area contributed by atoms with Gasteiger partial charge in [0, 0.05) is 19.6 Å². The first-order chi connectivity index (χ1) is 9.89. The van der Waals surface area contributed by atoms with E-state index in [0.717, 1.165) is 0 Å². The van der Waals surface area contributed by atoms with Crippen molar-refractivity contribution in [1.29, 1.82) is 0 Å². The quantitative estimate of drug-likeness (QED) is 0.430. The number of hydrogen-bond acceptors (Lipinski definition) is 3. The van der Waals surface area contributed by atoms with Crippen molar-refractivity contribution >= 4 is 39.8 Å². The number of nitrogens with zero attached hydrogens (tertiary/aromatic N) is 1. The molecule has 1 aliphatic rings. The molecule has 0 aromatic heterocycles. The van der Waals surface area contributed by atoms with Gasteiger partial charge in [0.1, 0.15) is 0 Å².